The number of halogens is 1. The van der Waals surface area contributed by atoms with Crippen molar-refractivity contribution in [1.82, 2.24) is 15.6 Å². The highest BCUT2D eigenvalue weighted by atomic mass is 35.5. The molecule has 0 saturated carbocycles. The predicted octanol–water partition coefficient (Wildman–Crippen LogP) is 2.52. The number of pyridine rings is 1. The lowest BCUT2D eigenvalue weighted by atomic mass is 10.2. The van der Waals surface area contributed by atoms with Gasteiger partial charge < -0.3 is 25.2 Å². The summed E-state index contributed by atoms with van der Waals surface area (Å²) in [4.78, 5) is 13.4. The van der Waals surface area contributed by atoms with Crippen molar-refractivity contribution < 1.29 is 4.74 Å². The highest BCUT2D eigenvalue weighted by Gasteiger charge is 2.25. The van der Waals surface area contributed by atoms with Gasteiger partial charge in [-0.3, -0.25) is 4.99 Å². The largest absolute Gasteiger partial charge is 0.378 e. The van der Waals surface area contributed by atoms with Crippen LogP contribution >= 0.6 is 11.6 Å². The molecule has 8 heteroatoms. The number of ether oxygens (including phenoxy) is 1. The Labute approximate surface area is 183 Å². The molecule has 0 amide bonds. The molecule has 2 saturated heterocycles. The monoisotopic (exact) mass is 428 g/mol. The summed E-state index contributed by atoms with van der Waals surface area (Å²) in [6.07, 6.45) is 2.80. The third-order valence-electron chi connectivity index (χ3n) is 5.56. The van der Waals surface area contributed by atoms with Crippen LogP contribution in [-0.2, 0) is 11.3 Å². The Bertz CT molecular complexity index is 853. The maximum Gasteiger partial charge on any atom is 0.191 e. The van der Waals surface area contributed by atoms with Crippen molar-refractivity contribution in [2.45, 2.75) is 19.0 Å². The number of hydrogen-bond donors (Lipinski definition) is 2. The molecule has 1 unspecified atom stereocenters. The van der Waals surface area contributed by atoms with E-state index < -0.39 is 0 Å². The van der Waals surface area contributed by atoms with E-state index in [1.165, 1.54) is 11.3 Å². The van der Waals surface area contributed by atoms with Crippen molar-refractivity contribution in [2.75, 3.05) is 56.2 Å². The zero-order valence-corrected chi connectivity index (χ0v) is 18.1. The Morgan fingerprint density at radius 1 is 1.17 bits per heavy atom. The third kappa shape index (κ3) is 5.15. The molecule has 0 spiro atoms. The van der Waals surface area contributed by atoms with E-state index in [-0.39, 0.29) is 0 Å². The number of anilines is 2. The van der Waals surface area contributed by atoms with Gasteiger partial charge in [-0.25, -0.2) is 4.98 Å². The quantitative estimate of drug-likeness (QED) is 0.563. The second-order valence-corrected chi connectivity index (χ2v) is 7.98. The predicted molar refractivity (Wildman–Crippen MR) is 123 cm³/mol. The first-order valence-corrected chi connectivity index (χ1v) is 10.8. The lowest BCUT2D eigenvalue weighted by Gasteiger charge is -2.29. The fourth-order valence-corrected chi connectivity index (χ4v) is 4.14. The van der Waals surface area contributed by atoms with Gasteiger partial charge in [0.15, 0.2) is 5.96 Å². The maximum atomic E-state index is 6.29. The van der Waals surface area contributed by atoms with E-state index in [0.717, 1.165) is 64.1 Å². The van der Waals surface area contributed by atoms with Gasteiger partial charge in [0, 0.05) is 57.7 Å². The number of rotatable bonds is 5. The smallest absolute Gasteiger partial charge is 0.191 e. The van der Waals surface area contributed by atoms with Crippen molar-refractivity contribution in [2.24, 2.45) is 4.99 Å². The molecule has 30 heavy (non-hydrogen) atoms. The van der Waals surface area contributed by atoms with E-state index in [0.29, 0.717) is 11.1 Å². The van der Waals surface area contributed by atoms with Crippen molar-refractivity contribution in [3.8, 4) is 0 Å². The normalized spacial score (nSPS) is 19.8. The minimum atomic E-state index is 0.304. The van der Waals surface area contributed by atoms with Crippen molar-refractivity contribution in [1.29, 1.82) is 0 Å². The van der Waals surface area contributed by atoms with Gasteiger partial charge in [0.1, 0.15) is 5.82 Å². The molecule has 0 aliphatic carbocycles. The molecule has 1 aromatic carbocycles. The van der Waals surface area contributed by atoms with Crippen LogP contribution in [0.4, 0.5) is 11.5 Å². The van der Waals surface area contributed by atoms with Gasteiger partial charge in [-0.2, -0.15) is 0 Å². The SMILES string of the molecule is CN=C(NCc1ccc(N2CCOCC2)cc1)NC1CCN(c2ncccc2Cl)C1. The Hall–Kier alpha value is -2.51. The van der Waals surface area contributed by atoms with Crippen LogP contribution in [0.3, 0.4) is 0 Å². The number of aromatic nitrogens is 1. The molecule has 2 aromatic rings. The first kappa shape index (κ1) is 20.8. The molecule has 2 N–H and O–H groups in total. The number of benzene rings is 1. The first-order valence-electron chi connectivity index (χ1n) is 10.5. The van der Waals surface area contributed by atoms with Gasteiger partial charge in [0.05, 0.1) is 18.2 Å². The summed E-state index contributed by atoms with van der Waals surface area (Å²) in [6, 6.07) is 12.8. The summed E-state index contributed by atoms with van der Waals surface area (Å²) >= 11 is 6.29. The van der Waals surface area contributed by atoms with Crippen LogP contribution in [-0.4, -0.2) is 63.4 Å². The summed E-state index contributed by atoms with van der Waals surface area (Å²) in [5.74, 6) is 1.66. The molecular weight excluding hydrogens is 400 g/mol. The Morgan fingerprint density at radius 3 is 2.70 bits per heavy atom. The molecule has 0 radical (unpaired) electrons. The Balaban J connectivity index is 1.27. The van der Waals surface area contributed by atoms with Crippen molar-refractivity contribution in [3.63, 3.8) is 0 Å². The van der Waals surface area contributed by atoms with E-state index in [1.54, 1.807) is 13.2 Å². The zero-order valence-electron chi connectivity index (χ0n) is 17.4. The van der Waals surface area contributed by atoms with Crippen LogP contribution in [0, 0.1) is 0 Å². The van der Waals surface area contributed by atoms with Gasteiger partial charge in [-0.15, -0.1) is 0 Å². The highest BCUT2D eigenvalue weighted by Crippen LogP contribution is 2.25. The maximum absolute atomic E-state index is 6.29. The summed E-state index contributed by atoms with van der Waals surface area (Å²) in [5.41, 5.74) is 2.48. The molecule has 1 atom stereocenters. The van der Waals surface area contributed by atoms with E-state index in [9.17, 15) is 0 Å². The van der Waals surface area contributed by atoms with E-state index >= 15 is 0 Å². The zero-order chi connectivity index (χ0) is 20.8. The van der Waals surface area contributed by atoms with Gasteiger partial charge in [-0.1, -0.05) is 23.7 Å². The number of guanidine groups is 1. The average molecular weight is 429 g/mol. The van der Waals surface area contributed by atoms with Gasteiger partial charge >= 0.3 is 0 Å². The standard InChI is InChI=1S/C22H29ClN6O/c1-24-22(27-18-8-10-29(16-18)21-20(23)3-2-9-25-21)26-15-17-4-6-19(7-5-17)28-11-13-30-14-12-28/h2-7,9,18H,8,10-16H2,1H3,(H2,24,26,27). The molecule has 2 aliphatic heterocycles. The molecule has 160 valence electrons. The number of aliphatic imine (C=N–C) groups is 1. The lowest BCUT2D eigenvalue weighted by Crippen LogP contribution is -2.44. The van der Waals surface area contributed by atoms with E-state index in [2.05, 4.69) is 54.7 Å². The second kappa shape index (κ2) is 10.00. The van der Waals surface area contributed by atoms with Crippen LogP contribution < -0.4 is 20.4 Å². The summed E-state index contributed by atoms with van der Waals surface area (Å²) in [5, 5.41) is 7.64. The fourth-order valence-electron chi connectivity index (χ4n) is 3.90. The molecule has 2 aliphatic rings. The molecule has 0 bridgehead atoms. The number of nitrogens with one attached hydrogen (secondary N) is 2. The van der Waals surface area contributed by atoms with Crippen LogP contribution in [0.25, 0.3) is 0 Å². The molecule has 3 heterocycles. The van der Waals surface area contributed by atoms with Gasteiger partial charge in [0.2, 0.25) is 0 Å². The van der Waals surface area contributed by atoms with Crippen LogP contribution in [0.15, 0.2) is 47.6 Å². The molecule has 1 aromatic heterocycles. The molecule has 2 fully saturated rings. The van der Waals surface area contributed by atoms with E-state index in [1.807, 2.05) is 12.1 Å². The Kier molecular flexibility index (Phi) is 6.92. The summed E-state index contributed by atoms with van der Waals surface area (Å²) < 4.78 is 5.43. The summed E-state index contributed by atoms with van der Waals surface area (Å²) in [6.45, 7) is 6.02. The first-order chi connectivity index (χ1) is 14.7. The topological polar surface area (TPSA) is 65.0 Å². The molecule has 7 nitrogen and oxygen atoms in total. The number of hydrogen-bond acceptors (Lipinski definition) is 5. The van der Waals surface area contributed by atoms with Crippen molar-refractivity contribution >= 4 is 29.1 Å². The second-order valence-electron chi connectivity index (χ2n) is 7.58. The van der Waals surface area contributed by atoms with Crippen LogP contribution in [0.5, 0.6) is 0 Å². The van der Waals surface area contributed by atoms with Crippen LogP contribution in [0.2, 0.25) is 5.02 Å². The minimum absolute atomic E-state index is 0.304. The average Bonchev–Trinajstić information content (AvgIpc) is 3.26. The fraction of sp³-hybridized carbons (Fsp3) is 0.455. The number of nitrogens with zero attached hydrogens (tertiary/aromatic N) is 4. The Morgan fingerprint density at radius 2 is 1.97 bits per heavy atom. The molecular formula is C22H29ClN6O. The summed E-state index contributed by atoms with van der Waals surface area (Å²) in [7, 11) is 1.80. The lowest BCUT2D eigenvalue weighted by molar-refractivity contribution is 0.122. The highest BCUT2D eigenvalue weighted by molar-refractivity contribution is 6.32. The molecule has 4 rings (SSSR count). The van der Waals surface area contributed by atoms with Gasteiger partial charge in [0.25, 0.3) is 0 Å². The minimum Gasteiger partial charge on any atom is -0.378 e. The van der Waals surface area contributed by atoms with E-state index in [4.69, 9.17) is 16.3 Å². The van der Waals surface area contributed by atoms with Crippen molar-refractivity contribution in [3.05, 3.63) is 53.2 Å². The van der Waals surface area contributed by atoms with Crippen LogP contribution in [0.1, 0.15) is 12.0 Å². The van der Waals surface area contributed by atoms with Gasteiger partial charge in [-0.05, 0) is 36.2 Å². The number of morpholine rings is 1. The third-order valence-corrected chi connectivity index (χ3v) is 5.86.